The van der Waals surface area contributed by atoms with Gasteiger partial charge in [0, 0.05) is 51.7 Å². The van der Waals surface area contributed by atoms with Crippen LogP contribution in [0.5, 0.6) is 0 Å². The minimum absolute atomic E-state index is 0.0503. The molecular formula is C14H17N5O. The summed E-state index contributed by atoms with van der Waals surface area (Å²) in [6.07, 6.45) is 3.64. The Kier molecular flexibility index (Phi) is 3.23. The van der Waals surface area contributed by atoms with Crippen molar-refractivity contribution >= 4 is 5.91 Å². The van der Waals surface area contributed by atoms with Gasteiger partial charge in [-0.2, -0.15) is 5.10 Å². The largest absolute Gasteiger partial charge is 0.343 e. The lowest BCUT2D eigenvalue weighted by molar-refractivity contribution is 0.0820. The van der Waals surface area contributed by atoms with Crippen molar-refractivity contribution < 1.29 is 4.79 Å². The fourth-order valence-electron chi connectivity index (χ4n) is 2.46. The highest BCUT2D eigenvalue weighted by atomic mass is 16.2. The first-order chi connectivity index (χ1) is 9.65. The Labute approximate surface area is 117 Å². The summed E-state index contributed by atoms with van der Waals surface area (Å²) in [5.74, 6) is -0.0503. The maximum atomic E-state index is 12.0. The molecule has 0 saturated heterocycles. The van der Waals surface area contributed by atoms with Gasteiger partial charge in [-0.05, 0) is 11.6 Å². The summed E-state index contributed by atoms with van der Waals surface area (Å²) in [6, 6.07) is 4.00. The highest BCUT2D eigenvalue weighted by molar-refractivity contribution is 5.93. The van der Waals surface area contributed by atoms with Gasteiger partial charge in [-0.15, -0.1) is 0 Å². The van der Waals surface area contributed by atoms with E-state index in [0.29, 0.717) is 5.69 Å². The summed E-state index contributed by atoms with van der Waals surface area (Å²) >= 11 is 0. The Balaban J connectivity index is 1.75. The number of aromatic amines is 1. The van der Waals surface area contributed by atoms with Crippen molar-refractivity contribution in [2.75, 3.05) is 14.1 Å². The fourth-order valence-corrected chi connectivity index (χ4v) is 2.46. The van der Waals surface area contributed by atoms with Gasteiger partial charge >= 0.3 is 0 Å². The Bertz CT molecular complexity index is 620. The Morgan fingerprint density at radius 2 is 2.30 bits per heavy atom. The van der Waals surface area contributed by atoms with E-state index < -0.39 is 0 Å². The molecule has 3 rings (SSSR count). The van der Waals surface area contributed by atoms with Crippen LogP contribution in [0.3, 0.4) is 0 Å². The standard InChI is InChI=1S/C14H17N5O/c1-18(2)14(20)13-11-8-19(9-12(11)16-17-13)7-10-4-3-5-15-6-10/h3-6H,7-9H2,1-2H3,(H,16,17). The van der Waals surface area contributed by atoms with Crippen molar-refractivity contribution in [2.24, 2.45) is 0 Å². The maximum absolute atomic E-state index is 12.0. The molecule has 2 aromatic heterocycles. The summed E-state index contributed by atoms with van der Waals surface area (Å²) in [6.45, 7) is 2.36. The van der Waals surface area contributed by atoms with E-state index in [0.717, 1.165) is 30.9 Å². The number of amides is 1. The van der Waals surface area contributed by atoms with Gasteiger partial charge in [-0.25, -0.2) is 0 Å². The number of aromatic nitrogens is 3. The highest BCUT2D eigenvalue weighted by Crippen LogP contribution is 2.25. The Morgan fingerprint density at radius 1 is 1.45 bits per heavy atom. The minimum atomic E-state index is -0.0503. The lowest BCUT2D eigenvalue weighted by Gasteiger charge is -2.15. The second kappa shape index (κ2) is 5.05. The molecule has 0 radical (unpaired) electrons. The summed E-state index contributed by atoms with van der Waals surface area (Å²) in [5, 5.41) is 7.13. The predicted octanol–water partition coefficient (Wildman–Crippen LogP) is 1.02. The second-order valence-corrected chi connectivity index (χ2v) is 5.24. The molecule has 1 amide bonds. The van der Waals surface area contributed by atoms with Crippen LogP contribution in [0.4, 0.5) is 0 Å². The molecule has 6 nitrogen and oxygen atoms in total. The van der Waals surface area contributed by atoms with Gasteiger partial charge in [0.15, 0.2) is 5.69 Å². The van der Waals surface area contributed by atoms with Gasteiger partial charge in [0.2, 0.25) is 0 Å². The number of nitrogens with one attached hydrogen (secondary N) is 1. The van der Waals surface area contributed by atoms with Crippen molar-refractivity contribution in [3.05, 3.63) is 47.0 Å². The summed E-state index contributed by atoms with van der Waals surface area (Å²) in [7, 11) is 3.48. The molecule has 0 saturated carbocycles. The van der Waals surface area contributed by atoms with Crippen molar-refractivity contribution in [2.45, 2.75) is 19.6 Å². The second-order valence-electron chi connectivity index (χ2n) is 5.24. The third kappa shape index (κ3) is 2.30. The Morgan fingerprint density at radius 3 is 3.00 bits per heavy atom. The van der Waals surface area contributed by atoms with Gasteiger partial charge in [0.1, 0.15) is 0 Å². The van der Waals surface area contributed by atoms with Crippen LogP contribution in [0.15, 0.2) is 24.5 Å². The molecule has 1 aliphatic rings. The summed E-state index contributed by atoms with van der Waals surface area (Å²) in [4.78, 5) is 20.0. The SMILES string of the molecule is CN(C)C(=O)c1n[nH]c2c1CN(Cc1cccnc1)C2. The van der Waals surface area contributed by atoms with Crippen molar-refractivity contribution in [3.8, 4) is 0 Å². The number of pyridine rings is 1. The molecule has 3 heterocycles. The molecule has 6 heteroatoms. The zero-order valence-corrected chi connectivity index (χ0v) is 11.6. The quantitative estimate of drug-likeness (QED) is 0.905. The first-order valence-corrected chi connectivity index (χ1v) is 6.54. The number of fused-ring (bicyclic) bond motifs is 1. The maximum Gasteiger partial charge on any atom is 0.274 e. The van der Waals surface area contributed by atoms with Gasteiger partial charge in [-0.1, -0.05) is 6.07 Å². The minimum Gasteiger partial charge on any atom is -0.343 e. The molecule has 0 aromatic carbocycles. The van der Waals surface area contributed by atoms with Crippen LogP contribution in [0.1, 0.15) is 27.3 Å². The van der Waals surface area contributed by atoms with Crippen molar-refractivity contribution in [3.63, 3.8) is 0 Å². The number of carbonyl (C=O) groups is 1. The van der Waals surface area contributed by atoms with Crippen molar-refractivity contribution in [1.29, 1.82) is 0 Å². The number of hydrogen-bond donors (Lipinski definition) is 1. The van der Waals surface area contributed by atoms with Crippen LogP contribution < -0.4 is 0 Å². The molecule has 20 heavy (non-hydrogen) atoms. The third-order valence-electron chi connectivity index (χ3n) is 3.45. The molecule has 0 aliphatic carbocycles. The molecule has 0 spiro atoms. The molecule has 2 aromatic rings. The van der Waals surface area contributed by atoms with Crippen LogP contribution in [-0.4, -0.2) is 45.0 Å². The van der Waals surface area contributed by atoms with Gasteiger partial charge in [-0.3, -0.25) is 19.8 Å². The van der Waals surface area contributed by atoms with E-state index in [1.807, 2.05) is 12.3 Å². The van der Waals surface area contributed by atoms with Gasteiger partial charge in [0.05, 0.1) is 5.69 Å². The predicted molar refractivity (Wildman–Crippen MR) is 73.8 cm³/mol. The van der Waals surface area contributed by atoms with Crippen LogP contribution in [0.25, 0.3) is 0 Å². The number of hydrogen-bond acceptors (Lipinski definition) is 4. The highest BCUT2D eigenvalue weighted by Gasteiger charge is 2.28. The van der Waals surface area contributed by atoms with E-state index >= 15 is 0 Å². The van der Waals surface area contributed by atoms with Crippen LogP contribution in [-0.2, 0) is 19.6 Å². The molecule has 0 atom stereocenters. The van der Waals surface area contributed by atoms with E-state index in [4.69, 9.17) is 0 Å². The average Bonchev–Trinajstić information content (AvgIpc) is 2.98. The Hall–Kier alpha value is -2.21. The molecule has 0 bridgehead atoms. The lowest BCUT2D eigenvalue weighted by Crippen LogP contribution is -2.24. The molecule has 1 N–H and O–H groups in total. The number of H-pyrrole nitrogens is 1. The third-order valence-corrected chi connectivity index (χ3v) is 3.45. The van der Waals surface area contributed by atoms with E-state index in [1.54, 1.807) is 25.2 Å². The van der Waals surface area contributed by atoms with Crippen LogP contribution in [0.2, 0.25) is 0 Å². The fraction of sp³-hybridized carbons (Fsp3) is 0.357. The van der Waals surface area contributed by atoms with Crippen LogP contribution >= 0.6 is 0 Å². The molecular weight excluding hydrogens is 254 g/mol. The lowest BCUT2D eigenvalue weighted by atomic mass is 10.2. The van der Waals surface area contributed by atoms with E-state index in [2.05, 4.69) is 26.1 Å². The summed E-state index contributed by atoms with van der Waals surface area (Å²) in [5.41, 5.74) is 3.77. The van der Waals surface area contributed by atoms with E-state index in [-0.39, 0.29) is 5.91 Å². The number of carbonyl (C=O) groups excluding carboxylic acids is 1. The first-order valence-electron chi connectivity index (χ1n) is 6.54. The molecule has 1 aliphatic heterocycles. The van der Waals surface area contributed by atoms with E-state index in [1.165, 1.54) is 5.56 Å². The van der Waals surface area contributed by atoms with Crippen LogP contribution in [0, 0.1) is 0 Å². The van der Waals surface area contributed by atoms with Crippen molar-refractivity contribution in [1.82, 2.24) is 25.0 Å². The van der Waals surface area contributed by atoms with Gasteiger partial charge in [0.25, 0.3) is 5.91 Å². The first kappa shape index (κ1) is 12.8. The number of nitrogens with zero attached hydrogens (tertiary/aromatic N) is 4. The molecule has 0 unspecified atom stereocenters. The zero-order valence-electron chi connectivity index (χ0n) is 11.6. The smallest absolute Gasteiger partial charge is 0.274 e. The monoisotopic (exact) mass is 271 g/mol. The number of rotatable bonds is 3. The topological polar surface area (TPSA) is 65.1 Å². The van der Waals surface area contributed by atoms with E-state index in [9.17, 15) is 4.79 Å². The average molecular weight is 271 g/mol. The summed E-state index contributed by atoms with van der Waals surface area (Å²) < 4.78 is 0. The normalized spacial score (nSPS) is 14.3. The zero-order chi connectivity index (χ0) is 14.1. The van der Waals surface area contributed by atoms with Gasteiger partial charge < -0.3 is 4.90 Å². The molecule has 104 valence electrons. The molecule has 0 fully saturated rings.